The Morgan fingerprint density at radius 3 is 2.16 bits per heavy atom. The van der Waals surface area contributed by atoms with Crippen LogP contribution in [0.5, 0.6) is 0 Å². The molecule has 1 rings (SSSR count). The van der Waals surface area contributed by atoms with Gasteiger partial charge >= 0.3 is 0 Å². The van der Waals surface area contributed by atoms with Gasteiger partial charge in [0.15, 0.2) is 0 Å². The number of ether oxygens (including phenoxy) is 1. The molecule has 1 fully saturated rings. The van der Waals surface area contributed by atoms with Crippen molar-refractivity contribution in [2.45, 2.75) is 63.5 Å². The molecule has 0 heterocycles. The van der Waals surface area contributed by atoms with Crippen LogP contribution in [-0.4, -0.2) is 51.3 Å². The minimum Gasteiger partial charge on any atom is -0.385 e. The third-order valence-electron chi connectivity index (χ3n) is 5.10. The van der Waals surface area contributed by atoms with Crippen LogP contribution in [0.4, 0.5) is 0 Å². The minimum atomic E-state index is 0.318. The quantitative estimate of drug-likeness (QED) is 0.720. The molecule has 2 atom stereocenters. The van der Waals surface area contributed by atoms with Crippen LogP contribution >= 0.6 is 0 Å². The molecule has 3 heteroatoms. The molecule has 0 saturated heterocycles. The maximum atomic E-state index is 5.27. The van der Waals surface area contributed by atoms with Crippen molar-refractivity contribution >= 4 is 0 Å². The van der Waals surface area contributed by atoms with E-state index in [0.717, 1.165) is 13.0 Å². The number of nitrogens with zero attached hydrogens (tertiary/aromatic N) is 1. The zero-order valence-corrected chi connectivity index (χ0v) is 13.7. The van der Waals surface area contributed by atoms with Gasteiger partial charge in [-0.05, 0) is 46.3 Å². The Morgan fingerprint density at radius 1 is 1.16 bits per heavy atom. The van der Waals surface area contributed by atoms with Crippen molar-refractivity contribution in [3.05, 3.63) is 0 Å². The molecule has 0 aliphatic heterocycles. The summed E-state index contributed by atoms with van der Waals surface area (Å²) in [4.78, 5) is 2.49. The second-order valence-electron chi connectivity index (χ2n) is 6.44. The summed E-state index contributed by atoms with van der Waals surface area (Å²) in [6, 6.07) is 0.552. The second kappa shape index (κ2) is 8.23. The monoisotopic (exact) mass is 270 g/mol. The van der Waals surface area contributed by atoms with Crippen LogP contribution in [-0.2, 0) is 4.74 Å². The molecule has 0 radical (unpaired) electrons. The largest absolute Gasteiger partial charge is 0.385 e. The maximum Gasteiger partial charge on any atom is 0.0465 e. The van der Waals surface area contributed by atoms with E-state index in [1.54, 1.807) is 7.11 Å². The molecule has 1 aliphatic carbocycles. The van der Waals surface area contributed by atoms with Gasteiger partial charge in [-0.25, -0.2) is 0 Å². The molecule has 0 spiro atoms. The molecule has 2 unspecified atom stereocenters. The highest BCUT2D eigenvalue weighted by molar-refractivity contribution is 5.01. The van der Waals surface area contributed by atoms with Crippen molar-refractivity contribution in [2.75, 3.05) is 34.9 Å². The topological polar surface area (TPSA) is 24.5 Å². The third-order valence-corrected chi connectivity index (χ3v) is 5.10. The Bertz CT molecular complexity index is 235. The van der Waals surface area contributed by atoms with Gasteiger partial charge in [0.2, 0.25) is 0 Å². The lowest BCUT2D eigenvalue weighted by Gasteiger charge is -2.48. The van der Waals surface area contributed by atoms with Crippen molar-refractivity contribution in [1.82, 2.24) is 10.2 Å². The first-order valence-corrected chi connectivity index (χ1v) is 7.92. The summed E-state index contributed by atoms with van der Waals surface area (Å²) in [5, 5.41) is 3.63. The average molecular weight is 270 g/mol. The molecule has 1 saturated carbocycles. The van der Waals surface area contributed by atoms with Crippen LogP contribution in [0.15, 0.2) is 0 Å². The fraction of sp³-hybridized carbons (Fsp3) is 1.00. The lowest BCUT2D eigenvalue weighted by Crippen LogP contribution is -2.60. The first-order valence-electron chi connectivity index (χ1n) is 7.92. The van der Waals surface area contributed by atoms with Crippen LogP contribution in [0.1, 0.15) is 51.9 Å². The van der Waals surface area contributed by atoms with E-state index < -0.39 is 0 Å². The van der Waals surface area contributed by atoms with E-state index in [2.05, 4.69) is 38.3 Å². The van der Waals surface area contributed by atoms with E-state index in [1.807, 2.05) is 0 Å². The summed E-state index contributed by atoms with van der Waals surface area (Å²) in [5.41, 5.74) is 0.318. The second-order valence-corrected chi connectivity index (χ2v) is 6.44. The number of hydrogen-bond acceptors (Lipinski definition) is 3. The predicted octanol–water partition coefficient (Wildman–Crippen LogP) is 2.90. The van der Waals surface area contributed by atoms with Crippen LogP contribution in [0.3, 0.4) is 0 Å². The molecule has 1 N–H and O–H groups in total. The van der Waals surface area contributed by atoms with Gasteiger partial charge in [-0.15, -0.1) is 0 Å². The molecule has 3 nitrogen and oxygen atoms in total. The number of nitrogens with one attached hydrogen (secondary N) is 1. The summed E-state index contributed by atoms with van der Waals surface area (Å²) < 4.78 is 5.27. The summed E-state index contributed by atoms with van der Waals surface area (Å²) >= 11 is 0. The molecule has 114 valence electrons. The molecule has 0 bridgehead atoms. The third kappa shape index (κ3) is 4.17. The molecular formula is C16H34N2O. The van der Waals surface area contributed by atoms with Gasteiger partial charge in [-0.1, -0.05) is 32.6 Å². The zero-order chi connectivity index (χ0) is 14.3. The lowest BCUT2D eigenvalue weighted by atomic mass is 9.75. The first kappa shape index (κ1) is 16.9. The van der Waals surface area contributed by atoms with E-state index in [9.17, 15) is 0 Å². The van der Waals surface area contributed by atoms with Crippen molar-refractivity contribution in [3.63, 3.8) is 0 Å². The predicted molar refractivity (Wildman–Crippen MR) is 82.6 cm³/mol. The van der Waals surface area contributed by atoms with E-state index in [4.69, 9.17) is 4.74 Å². The maximum absolute atomic E-state index is 5.27. The number of hydrogen-bond donors (Lipinski definition) is 1. The van der Waals surface area contributed by atoms with Crippen LogP contribution in [0.2, 0.25) is 0 Å². The Hall–Kier alpha value is -0.120. The van der Waals surface area contributed by atoms with E-state index in [-0.39, 0.29) is 0 Å². The molecule has 0 aromatic heterocycles. The fourth-order valence-corrected chi connectivity index (χ4v) is 3.93. The highest BCUT2D eigenvalue weighted by Crippen LogP contribution is 2.37. The van der Waals surface area contributed by atoms with Crippen molar-refractivity contribution in [3.8, 4) is 0 Å². The van der Waals surface area contributed by atoms with Crippen molar-refractivity contribution < 1.29 is 4.74 Å². The summed E-state index contributed by atoms with van der Waals surface area (Å²) in [6.45, 7) is 3.24. The summed E-state index contributed by atoms with van der Waals surface area (Å²) in [5.74, 6) is 0.644. The standard InChI is InChI=1S/C16H34N2O/c1-14(10-13-19-5)15(17-2)16(18(3)4)11-8-6-7-9-12-16/h14-15,17H,6-13H2,1-5H3. The average Bonchev–Trinajstić information content (AvgIpc) is 2.64. The summed E-state index contributed by atoms with van der Waals surface area (Å²) in [7, 11) is 8.45. The number of likely N-dealkylation sites (N-methyl/N-ethyl adjacent to an activating group) is 2. The van der Waals surface area contributed by atoms with Gasteiger partial charge in [-0.2, -0.15) is 0 Å². The van der Waals surface area contributed by atoms with Gasteiger partial charge in [0.25, 0.3) is 0 Å². The van der Waals surface area contributed by atoms with Crippen LogP contribution in [0.25, 0.3) is 0 Å². The zero-order valence-electron chi connectivity index (χ0n) is 13.7. The van der Waals surface area contributed by atoms with Crippen LogP contribution in [0, 0.1) is 5.92 Å². The molecule has 0 aromatic rings. The highest BCUT2D eigenvalue weighted by Gasteiger charge is 2.42. The normalized spacial score (nSPS) is 23.1. The molecule has 19 heavy (non-hydrogen) atoms. The van der Waals surface area contributed by atoms with Gasteiger partial charge < -0.3 is 15.0 Å². The minimum absolute atomic E-state index is 0.318. The Balaban J connectivity index is 2.86. The Morgan fingerprint density at radius 2 is 1.74 bits per heavy atom. The van der Waals surface area contributed by atoms with E-state index >= 15 is 0 Å². The van der Waals surface area contributed by atoms with E-state index in [0.29, 0.717) is 17.5 Å². The highest BCUT2D eigenvalue weighted by atomic mass is 16.5. The molecular weight excluding hydrogens is 236 g/mol. The number of methoxy groups -OCH3 is 1. The smallest absolute Gasteiger partial charge is 0.0465 e. The van der Waals surface area contributed by atoms with Crippen LogP contribution < -0.4 is 5.32 Å². The summed E-state index contributed by atoms with van der Waals surface area (Å²) in [6.07, 6.45) is 9.32. The Kier molecular flexibility index (Phi) is 7.33. The van der Waals surface area contributed by atoms with Gasteiger partial charge in [-0.3, -0.25) is 0 Å². The van der Waals surface area contributed by atoms with Gasteiger partial charge in [0.05, 0.1) is 0 Å². The first-order chi connectivity index (χ1) is 9.08. The molecule has 0 aromatic carbocycles. The van der Waals surface area contributed by atoms with Gasteiger partial charge in [0.1, 0.15) is 0 Å². The molecule has 1 aliphatic rings. The van der Waals surface area contributed by atoms with Gasteiger partial charge in [0, 0.05) is 25.3 Å². The van der Waals surface area contributed by atoms with E-state index in [1.165, 1.54) is 38.5 Å². The fourth-order valence-electron chi connectivity index (χ4n) is 3.93. The van der Waals surface area contributed by atoms with Crippen molar-refractivity contribution in [1.29, 1.82) is 0 Å². The number of rotatable bonds is 7. The molecule has 0 amide bonds. The Labute approximate surface area is 120 Å². The lowest BCUT2D eigenvalue weighted by molar-refractivity contribution is 0.0503. The van der Waals surface area contributed by atoms with Crippen molar-refractivity contribution in [2.24, 2.45) is 5.92 Å². The SMILES string of the molecule is CNC(C(C)CCOC)C1(N(C)C)CCCCCC1.